The van der Waals surface area contributed by atoms with Crippen molar-refractivity contribution in [3.05, 3.63) is 79.0 Å². The Morgan fingerprint density at radius 1 is 1.09 bits per heavy atom. The quantitative estimate of drug-likeness (QED) is 0.659. The van der Waals surface area contributed by atoms with Gasteiger partial charge >= 0.3 is 5.69 Å². The lowest BCUT2D eigenvalue weighted by Gasteiger charge is -2.38. The van der Waals surface area contributed by atoms with Gasteiger partial charge in [0.2, 0.25) is 0 Å². The van der Waals surface area contributed by atoms with E-state index in [0.29, 0.717) is 29.8 Å². The van der Waals surface area contributed by atoms with E-state index in [-0.39, 0.29) is 12.2 Å². The van der Waals surface area contributed by atoms with E-state index in [2.05, 4.69) is 0 Å². The first-order valence-electron chi connectivity index (χ1n) is 10.7. The van der Waals surface area contributed by atoms with Crippen LogP contribution in [0.15, 0.2) is 39.9 Å². The van der Waals surface area contributed by atoms with Crippen LogP contribution in [0.25, 0.3) is 5.69 Å². The SMILES string of the molecule is Cc1c(C)c2c(c(C)c1O)CCC(C)(Cc1c(N)n(-c3ccccc3)c(=O)n(C)c1=O)O2. The van der Waals surface area contributed by atoms with E-state index in [4.69, 9.17) is 10.5 Å². The van der Waals surface area contributed by atoms with Crippen molar-refractivity contribution in [3.8, 4) is 17.2 Å². The number of ether oxygens (including phenoxy) is 1. The first-order valence-corrected chi connectivity index (χ1v) is 10.7. The van der Waals surface area contributed by atoms with Crippen molar-refractivity contribution < 1.29 is 9.84 Å². The summed E-state index contributed by atoms with van der Waals surface area (Å²) in [5.41, 5.74) is 9.30. The molecule has 1 aliphatic heterocycles. The van der Waals surface area contributed by atoms with Gasteiger partial charge in [-0.1, -0.05) is 18.2 Å². The number of anilines is 1. The molecule has 1 aromatic heterocycles. The Hall–Kier alpha value is -3.48. The molecule has 7 heteroatoms. The third kappa shape index (κ3) is 3.28. The number of hydrogen-bond acceptors (Lipinski definition) is 5. The van der Waals surface area contributed by atoms with Gasteiger partial charge in [0.15, 0.2) is 0 Å². The van der Waals surface area contributed by atoms with E-state index >= 15 is 0 Å². The van der Waals surface area contributed by atoms with E-state index in [1.54, 1.807) is 12.1 Å². The average Bonchev–Trinajstić information content (AvgIpc) is 2.78. The first kappa shape index (κ1) is 21.7. The highest BCUT2D eigenvalue weighted by Crippen LogP contribution is 2.44. The molecule has 3 aromatic rings. The van der Waals surface area contributed by atoms with Crippen molar-refractivity contribution in [2.24, 2.45) is 7.05 Å². The highest BCUT2D eigenvalue weighted by atomic mass is 16.5. The number of fused-ring (bicyclic) bond motifs is 1. The molecule has 168 valence electrons. The highest BCUT2D eigenvalue weighted by molar-refractivity contribution is 5.58. The first-order chi connectivity index (χ1) is 15.1. The van der Waals surface area contributed by atoms with Crippen LogP contribution in [0.5, 0.6) is 11.5 Å². The summed E-state index contributed by atoms with van der Waals surface area (Å²) in [5, 5.41) is 10.4. The third-order valence-electron chi connectivity index (χ3n) is 6.75. The van der Waals surface area contributed by atoms with E-state index < -0.39 is 16.9 Å². The monoisotopic (exact) mass is 435 g/mol. The summed E-state index contributed by atoms with van der Waals surface area (Å²) in [6.07, 6.45) is 1.62. The summed E-state index contributed by atoms with van der Waals surface area (Å²) in [6.45, 7) is 7.67. The topological polar surface area (TPSA) is 99.5 Å². The van der Waals surface area contributed by atoms with Gasteiger partial charge in [0, 0.05) is 19.0 Å². The zero-order valence-electron chi connectivity index (χ0n) is 19.2. The molecule has 0 bridgehead atoms. The largest absolute Gasteiger partial charge is 0.507 e. The molecular formula is C25H29N3O4. The Balaban J connectivity index is 1.82. The molecule has 1 aliphatic rings. The molecule has 0 saturated heterocycles. The van der Waals surface area contributed by atoms with Crippen molar-refractivity contribution in [2.75, 3.05) is 5.73 Å². The van der Waals surface area contributed by atoms with Crippen LogP contribution in [-0.4, -0.2) is 19.8 Å². The van der Waals surface area contributed by atoms with Crippen LogP contribution >= 0.6 is 0 Å². The number of nitrogen functional groups attached to an aromatic ring is 1. The van der Waals surface area contributed by atoms with E-state index in [1.165, 1.54) is 11.6 Å². The lowest BCUT2D eigenvalue weighted by Crippen LogP contribution is -2.45. The van der Waals surface area contributed by atoms with Gasteiger partial charge < -0.3 is 15.6 Å². The fraction of sp³-hybridized carbons (Fsp3) is 0.360. The summed E-state index contributed by atoms with van der Waals surface area (Å²) >= 11 is 0. The molecule has 0 fully saturated rings. The number of para-hydroxylation sites is 1. The minimum absolute atomic E-state index is 0.134. The summed E-state index contributed by atoms with van der Waals surface area (Å²) in [6, 6.07) is 9.05. The molecule has 0 amide bonds. The van der Waals surface area contributed by atoms with E-state index in [9.17, 15) is 14.7 Å². The van der Waals surface area contributed by atoms with Crippen LogP contribution < -0.4 is 21.7 Å². The zero-order chi connectivity index (χ0) is 23.4. The molecule has 2 heterocycles. The molecule has 0 saturated carbocycles. The fourth-order valence-electron chi connectivity index (χ4n) is 4.57. The maximum absolute atomic E-state index is 13.1. The Morgan fingerprint density at radius 3 is 2.41 bits per heavy atom. The Morgan fingerprint density at radius 2 is 1.75 bits per heavy atom. The molecule has 1 atom stereocenters. The highest BCUT2D eigenvalue weighted by Gasteiger charge is 2.36. The summed E-state index contributed by atoms with van der Waals surface area (Å²) in [4.78, 5) is 25.9. The predicted octanol–water partition coefficient (Wildman–Crippen LogP) is 3.08. The fourth-order valence-corrected chi connectivity index (χ4v) is 4.57. The standard InChI is InChI=1S/C25H29N3O4/c1-14-15(2)21-18(16(3)20(14)29)11-12-25(4,32-21)13-19-22(26)28(17-9-7-6-8-10-17)24(31)27(5)23(19)30/h6-10,29H,11-13,26H2,1-5H3. The van der Waals surface area contributed by atoms with Crippen molar-refractivity contribution >= 4 is 5.82 Å². The molecule has 4 rings (SSSR count). The van der Waals surface area contributed by atoms with Gasteiger partial charge in [-0.2, -0.15) is 0 Å². The number of rotatable bonds is 3. The van der Waals surface area contributed by atoms with Gasteiger partial charge in [-0.15, -0.1) is 0 Å². The number of hydrogen-bond donors (Lipinski definition) is 2. The van der Waals surface area contributed by atoms with Gasteiger partial charge in [-0.25, -0.2) is 9.36 Å². The van der Waals surface area contributed by atoms with Gasteiger partial charge in [-0.3, -0.25) is 9.36 Å². The van der Waals surface area contributed by atoms with Crippen LogP contribution in [-0.2, 0) is 19.9 Å². The van der Waals surface area contributed by atoms with Crippen LogP contribution in [0.2, 0.25) is 0 Å². The molecule has 3 N–H and O–H groups in total. The van der Waals surface area contributed by atoms with E-state index in [1.807, 2.05) is 45.9 Å². The van der Waals surface area contributed by atoms with Crippen LogP contribution in [0.1, 0.15) is 41.2 Å². The van der Waals surface area contributed by atoms with E-state index in [0.717, 1.165) is 32.6 Å². The van der Waals surface area contributed by atoms with Gasteiger partial charge in [0.05, 0.1) is 11.3 Å². The van der Waals surface area contributed by atoms with Crippen molar-refractivity contribution in [3.63, 3.8) is 0 Å². The lowest BCUT2D eigenvalue weighted by molar-refractivity contribution is 0.0636. The Bertz CT molecular complexity index is 1340. The number of nitrogens with zero attached hydrogens (tertiary/aromatic N) is 2. The number of aromatic hydroxyl groups is 1. The smallest absolute Gasteiger partial charge is 0.336 e. The minimum Gasteiger partial charge on any atom is -0.507 e. The predicted molar refractivity (Wildman–Crippen MR) is 125 cm³/mol. The second-order valence-electron chi connectivity index (χ2n) is 8.94. The second-order valence-corrected chi connectivity index (χ2v) is 8.94. The van der Waals surface area contributed by atoms with Crippen LogP contribution in [0.3, 0.4) is 0 Å². The Kier molecular flexibility index (Phi) is 5.15. The van der Waals surface area contributed by atoms with Gasteiger partial charge in [0.1, 0.15) is 22.9 Å². The lowest BCUT2D eigenvalue weighted by atomic mass is 9.84. The molecule has 2 aromatic carbocycles. The zero-order valence-corrected chi connectivity index (χ0v) is 19.2. The van der Waals surface area contributed by atoms with Crippen molar-refractivity contribution in [1.82, 2.24) is 9.13 Å². The summed E-state index contributed by atoms with van der Waals surface area (Å²) < 4.78 is 8.96. The summed E-state index contributed by atoms with van der Waals surface area (Å²) in [5.74, 6) is 1.20. The second kappa shape index (κ2) is 7.58. The molecule has 0 spiro atoms. The van der Waals surface area contributed by atoms with Gasteiger partial charge in [0.25, 0.3) is 5.56 Å². The maximum atomic E-state index is 13.1. The molecule has 0 radical (unpaired) electrons. The number of phenolic OH excluding ortho intramolecular Hbond substituents is 1. The molecular weight excluding hydrogens is 406 g/mol. The van der Waals surface area contributed by atoms with Gasteiger partial charge in [-0.05, 0) is 69.4 Å². The maximum Gasteiger partial charge on any atom is 0.336 e. The average molecular weight is 436 g/mol. The Labute approximate surface area is 186 Å². The van der Waals surface area contributed by atoms with Crippen molar-refractivity contribution in [2.45, 2.75) is 52.6 Å². The normalized spacial score (nSPS) is 17.7. The van der Waals surface area contributed by atoms with Crippen LogP contribution in [0.4, 0.5) is 5.82 Å². The van der Waals surface area contributed by atoms with Crippen molar-refractivity contribution in [1.29, 1.82) is 0 Å². The third-order valence-corrected chi connectivity index (χ3v) is 6.75. The summed E-state index contributed by atoms with van der Waals surface area (Å²) in [7, 11) is 1.46. The minimum atomic E-state index is -0.688. The number of nitrogens with two attached hydrogens (primary N) is 1. The molecule has 32 heavy (non-hydrogen) atoms. The number of aromatic nitrogens is 2. The number of phenols is 1. The molecule has 1 unspecified atom stereocenters. The van der Waals surface area contributed by atoms with Crippen LogP contribution in [0, 0.1) is 20.8 Å². The molecule has 0 aliphatic carbocycles. The molecule has 7 nitrogen and oxygen atoms in total. The number of benzene rings is 2.